The molecule has 2 aromatic rings. The second-order valence-electron chi connectivity index (χ2n) is 6.10. The molecule has 2 aromatic carbocycles. The standard InChI is InChI=1S/C20H26N4O4.HI/c1-5-21-20(22-13-15-7-6-8-16(11-15)24(25)26)23-14(2)18-12-17(27-3)9-10-19(18)28-4;/h6-12,14H,5,13H2,1-4H3,(H2,21,22,23);1H. The van der Waals surface area contributed by atoms with Crippen LogP contribution in [0.4, 0.5) is 5.69 Å². The van der Waals surface area contributed by atoms with E-state index in [4.69, 9.17) is 9.47 Å². The van der Waals surface area contributed by atoms with Crippen LogP contribution in [0.5, 0.6) is 11.5 Å². The number of ether oxygens (including phenoxy) is 2. The van der Waals surface area contributed by atoms with Gasteiger partial charge in [0.05, 0.1) is 31.7 Å². The Labute approximate surface area is 187 Å². The summed E-state index contributed by atoms with van der Waals surface area (Å²) in [5, 5.41) is 17.5. The van der Waals surface area contributed by atoms with Crippen LogP contribution in [0.2, 0.25) is 0 Å². The molecule has 2 N–H and O–H groups in total. The zero-order chi connectivity index (χ0) is 20.5. The minimum absolute atomic E-state index is 0. The topological polar surface area (TPSA) is 98.0 Å². The molecule has 0 spiro atoms. The highest BCUT2D eigenvalue weighted by Gasteiger charge is 2.14. The molecule has 0 aromatic heterocycles. The summed E-state index contributed by atoms with van der Waals surface area (Å²) in [6.07, 6.45) is 0. The van der Waals surface area contributed by atoms with Crippen molar-refractivity contribution in [2.75, 3.05) is 20.8 Å². The van der Waals surface area contributed by atoms with Gasteiger partial charge < -0.3 is 20.1 Å². The summed E-state index contributed by atoms with van der Waals surface area (Å²) in [5.41, 5.74) is 1.75. The number of guanidine groups is 1. The van der Waals surface area contributed by atoms with Crippen molar-refractivity contribution in [3.63, 3.8) is 0 Å². The predicted molar refractivity (Wildman–Crippen MR) is 124 cm³/mol. The van der Waals surface area contributed by atoms with E-state index in [1.165, 1.54) is 12.1 Å². The molecule has 0 aliphatic carbocycles. The molecule has 8 nitrogen and oxygen atoms in total. The van der Waals surface area contributed by atoms with Crippen LogP contribution in [0.1, 0.15) is 31.0 Å². The fraction of sp³-hybridized carbons (Fsp3) is 0.350. The molecule has 0 amide bonds. The highest BCUT2D eigenvalue weighted by Crippen LogP contribution is 2.29. The quantitative estimate of drug-likeness (QED) is 0.182. The Morgan fingerprint density at radius 3 is 2.59 bits per heavy atom. The molecule has 1 unspecified atom stereocenters. The number of aliphatic imine (C=N–C) groups is 1. The SMILES string of the molecule is CCNC(=NCc1cccc([N+](=O)[O-])c1)NC(C)c1cc(OC)ccc1OC.I. The van der Waals surface area contributed by atoms with Crippen LogP contribution in [-0.4, -0.2) is 31.6 Å². The van der Waals surface area contributed by atoms with Crippen LogP contribution >= 0.6 is 24.0 Å². The summed E-state index contributed by atoms with van der Waals surface area (Å²) < 4.78 is 10.8. The second kappa shape index (κ2) is 12.1. The lowest BCUT2D eigenvalue weighted by molar-refractivity contribution is -0.384. The van der Waals surface area contributed by atoms with Gasteiger partial charge in [0.1, 0.15) is 11.5 Å². The fourth-order valence-corrected chi connectivity index (χ4v) is 2.72. The fourth-order valence-electron chi connectivity index (χ4n) is 2.72. The maximum Gasteiger partial charge on any atom is 0.269 e. The van der Waals surface area contributed by atoms with Crippen LogP contribution in [0.15, 0.2) is 47.5 Å². The van der Waals surface area contributed by atoms with E-state index < -0.39 is 4.92 Å². The maximum absolute atomic E-state index is 10.9. The molecule has 0 aliphatic heterocycles. The van der Waals surface area contributed by atoms with E-state index in [1.807, 2.05) is 38.1 Å². The summed E-state index contributed by atoms with van der Waals surface area (Å²) in [7, 11) is 3.24. The van der Waals surface area contributed by atoms with Crippen molar-refractivity contribution in [1.29, 1.82) is 0 Å². The molecule has 9 heteroatoms. The number of halogens is 1. The Hall–Kier alpha value is -2.56. The van der Waals surface area contributed by atoms with E-state index in [0.717, 1.165) is 22.6 Å². The Bertz CT molecular complexity index is 845. The molecule has 0 bridgehead atoms. The highest BCUT2D eigenvalue weighted by molar-refractivity contribution is 14.0. The molecule has 0 aliphatic rings. The number of methoxy groups -OCH3 is 2. The van der Waals surface area contributed by atoms with Crippen molar-refractivity contribution in [2.45, 2.75) is 26.4 Å². The number of non-ortho nitro benzene ring substituents is 1. The highest BCUT2D eigenvalue weighted by atomic mass is 127. The number of nitrogens with one attached hydrogen (secondary N) is 2. The zero-order valence-corrected chi connectivity index (χ0v) is 19.3. The number of hydrogen-bond acceptors (Lipinski definition) is 5. The first-order valence-electron chi connectivity index (χ1n) is 8.98. The number of rotatable bonds is 8. The first-order valence-corrected chi connectivity index (χ1v) is 8.98. The van der Waals surface area contributed by atoms with E-state index in [-0.39, 0.29) is 35.7 Å². The van der Waals surface area contributed by atoms with Crippen molar-refractivity contribution < 1.29 is 14.4 Å². The van der Waals surface area contributed by atoms with Gasteiger partial charge in [-0.05, 0) is 37.6 Å². The van der Waals surface area contributed by atoms with Crippen molar-refractivity contribution >= 4 is 35.6 Å². The zero-order valence-electron chi connectivity index (χ0n) is 17.0. The molecule has 0 saturated carbocycles. The van der Waals surface area contributed by atoms with E-state index in [9.17, 15) is 10.1 Å². The van der Waals surface area contributed by atoms with Gasteiger partial charge in [0, 0.05) is 24.2 Å². The Kier molecular flexibility index (Phi) is 10.2. The Morgan fingerprint density at radius 1 is 1.21 bits per heavy atom. The van der Waals surface area contributed by atoms with Crippen LogP contribution in [0.3, 0.4) is 0 Å². The third-order valence-electron chi connectivity index (χ3n) is 4.14. The van der Waals surface area contributed by atoms with Gasteiger partial charge in [0.15, 0.2) is 5.96 Å². The van der Waals surface area contributed by atoms with Crippen molar-refractivity contribution in [2.24, 2.45) is 4.99 Å². The Morgan fingerprint density at radius 2 is 1.97 bits per heavy atom. The van der Waals surface area contributed by atoms with Crippen molar-refractivity contribution in [3.8, 4) is 11.5 Å². The van der Waals surface area contributed by atoms with Gasteiger partial charge in [-0.25, -0.2) is 4.99 Å². The van der Waals surface area contributed by atoms with Gasteiger partial charge >= 0.3 is 0 Å². The molecule has 0 radical (unpaired) electrons. The summed E-state index contributed by atoms with van der Waals surface area (Å²) in [5.74, 6) is 2.09. The number of nitro groups is 1. The third kappa shape index (κ3) is 7.08. The summed E-state index contributed by atoms with van der Waals surface area (Å²) >= 11 is 0. The van der Waals surface area contributed by atoms with Gasteiger partial charge in [0.2, 0.25) is 0 Å². The number of benzene rings is 2. The molecule has 1 atom stereocenters. The molecule has 29 heavy (non-hydrogen) atoms. The van der Waals surface area contributed by atoms with Gasteiger partial charge in [-0.1, -0.05) is 12.1 Å². The van der Waals surface area contributed by atoms with Gasteiger partial charge in [-0.2, -0.15) is 0 Å². The first kappa shape index (κ1) is 24.5. The lowest BCUT2D eigenvalue weighted by Gasteiger charge is -2.20. The van der Waals surface area contributed by atoms with Crippen LogP contribution < -0.4 is 20.1 Å². The van der Waals surface area contributed by atoms with Crippen molar-refractivity contribution in [1.82, 2.24) is 10.6 Å². The molecular weight excluding hydrogens is 487 g/mol. The predicted octanol–water partition coefficient (Wildman–Crippen LogP) is 4.05. The molecule has 2 rings (SSSR count). The summed E-state index contributed by atoms with van der Waals surface area (Å²) in [6, 6.07) is 12.0. The van der Waals surface area contributed by atoms with E-state index in [1.54, 1.807) is 20.3 Å². The Balaban J connectivity index is 0.00000420. The number of nitro benzene ring substituents is 1. The smallest absolute Gasteiger partial charge is 0.269 e. The maximum atomic E-state index is 10.9. The summed E-state index contributed by atoms with van der Waals surface area (Å²) in [4.78, 5) is 15.1. The number of hydrogen-bond donors (Lipinski definition) is 2. The molecule has 0 saturated heterocycles. The monoisotopic (exact) mass is 514 g/mol. The summed E-state index contributed by atoms with van der Waals surface area (Å²) in [6.45, 7) is 4.97. The molecule has 158 valence electrons. The lowest BCUT2D eigenvalue weighted by Crippen LogP contribution is -2.38. The normalized spacial score (nSPS) is 11.8. The second-order valence-corrected chi connectivity index (χ2v) is 6.10. The average Bonchev–Trinajstić information content (AvgIpc) is 2.71. The molecule has 0 heterocycles. The van der Waals surface area contributed by atoms with Crippen molar-refractivity contribution in [3.05, 3.63) is 63.7 Å². The first-order chi connectivity index (χ1) is 13.5. The van der Waals surface area contributed by atoms with Crippen LogP contribution in [0, 0.1) is 10.1 Å². The number of nitrogens with zero attached hydrogens (tertiary/aromatic N) is 2. The van der Waals surface area contributed by atoms with Gasteiger partial charge in [-0.15, -0.1) is 24.0 Å². The molecular formula is C20H27IN4O4. The minimum atomic E-state index is -0.409. The van der Waals surface area contributed by atoms with E-state index >= 15 is 0 Å². The largest absolute Gasteiger partial charge is 0.497 e. The average molecular weight is 514 g/mol. The van der Waals surface area contributed by atoms with Crippen LogP contribution in [0.25, 0.3) is 0 Å². The molecule has 0 fully saturated rings. The van der Waals surface area contributed by atoms with Gasteiger partial charge in [-0.3, -0.25) is 10.1 Å². The minimum Gasteiger partial charge on any atom is -0.497 e. The van der Waals surface area contributed by atoms with E-state index in [2.05, 4.69) is 15.6 Å². The van der Waals surface area contributed by atoms with Gasteiger partial charge in [0.25, 0.3) is 5.69 Å². The third-order valence-corrected chi connectivity index (χ3v) is 4.14. The van der Waals surface area contributed by atoms with Crippen LogP contribution in [-0.2, 0) is 6.54 Å². The lowest BCUT2D eigenvalue weighted by atomic mass is 10.1. The van der Waals surface area contributed by atoms with E-state index in [0.29, 0.717) is 19.0 Å².